The van der Waals surface area contributed by atoms with Crippen molar-refractivity contribution in [1.82, 2.24) is 25.4 Å². The van der Waals surface area contributed by atoms with Crippen molar-refractivity contribution in [2.45, 2.75) is 39.9 Å². The van der Waals surface area contributed by atoms with Gasteiger partial charge < -0.3 is 10.6 Å². The first-order chi connectivity index (χ1) is 12.2. The first-order valence-electron chi connectivity index (χ1n) is 8.25. The third kappa shape index (κ3) is 5.45. The number of hydrogen-bond donors (Lipinski definition) is 2. The number of rotatable bonds is 6. The fraction of sp³-hybridized carbons (Fsp3) is 0.562. The van der Waals surface area contributed by atoms with E-state index >= 15 is 0 Å². The van der Waals surface area contributed by atoms with E-state index in [9.17, 15) is 13.2 Å². The van der Waals surface area contributed by atoms with Gasteiger partial charge in [-0.05, 0) is 20.8 Å². The minimum Gasteiger partial charge on any atom is -0.357 e. The molecule has 0 fully saturated rings. The van der Waals surface area contributed by atoms with Crippen LogP contribution in [0.4, 0.5) is 13.2 Å². The molecule has 10 heteroatoms. The van der Waals surface area contributed by atoms with E-state index in [1.165, 1.54) is 18.1 Å². The van der Waals surface area contributed by atoms with E-state index in [0.29, 0.717) is 19.0 Å². The van der Waals surface area contributed by atoms with E-state index < -0.39 is 11.9 Å². The maximum absolute atomic E-state index is 13.0. The van der Waals surface area contributed by atoms with Crippen LogP contribution in [-0.4, -0.2) is 33.8 Å². The zero-order chi connectivity index (χ0) is 19.3. The molecule has 0 aromatic carbocycles. The number of aryl methyl sites for hydroxylation is 3. The van der Waals surface area contributed by atoms with E-state index in [4.69, 9.17) is 0 Å². The van der Waals surface area contributed by atoms with Crippen molar-refractivity contribution in [2.24, 2.45) is 12.0 Å². The summed E-state index contributed by atoms with van der Waals surface area (Å²) in [5.41, 5.74) is 0.179. The van der Waals surface area contributed by atoms with Crippen LogP contribution in [0, 0.1) is 13.8 Å². The smallest absolute Gasteiger partial charge is 0.357 e. The molecule has 0 amide bonds. The van der Waals surface area contributed by atoms with Crippen molar-refractivity contribution in [3.8, 4) is 0 Å². The number of alkyl halides is 3. The number of halogens is 3. The van der Waals surface area contributed by atoms with Gasteiger partial charge in [-0.2, -0.15) is 18.3 Å². The monoisotopic (exact) mass is 388 g/mol. The second-order valence-corrected chi connectivity index (χ2v) is 7.08. The quantitative estimate of drug-likeness (QED) is 0.590. The van der Waals surface area contributed by atoms with E-state index in [1.54, 1.807) is 11.3 Å². The molecule has 2 heterocycles. The molecule has 0 spiro atoms. The molecule has 0 aliphatic rings. The normalized spacial score (nSPS) is 12.5. The van der Waals surface area contributed by atoms with Gasteiger partial charge in [0.15, 0.2) is 11.7 Å². The van der Waals surface area contributed by atoms with Crippen LogP contribution in [0.1, 0.15) is 33.8 Å². The lowest BCUT2D eigenvalue weighted by Crippen LogP contribution is -2.38. The number of guanidine groups is 1. The highest BCUT2D eigenvalue weighted by Gasteiger charge is 2.36. The predicted octanol–water partition coefficient (Wildman–Crippen LogP) is 2.81. The number of nitrogens with zero attached hydrogens (tertiary/aromatic N) is 4. The fourth-order valence-electron chi connectivity index (χ4n) is 2.33. The Labute approximate surface area is 154 Å². The van der Waals surface area contributed by atoms with Crippen LogP contribution < -0.4 is 10.6 Å². The maximum atomic E-state index is 13.0. The second kappa shape index (κ2) is 8.52. The summed E-state index contributed by atoms with van der Waals surface area (Å²) >= 11 is 1.65. The molecule has 2 N–H and O–H groups in total. The molecular formula is C16H23F3N6S. The molecule has 0 unspecified atom stereocenters. The van der Waals surface area contributed by atoms with Crippen molar-refractivity contribution in [1.29, 1.82) is 0 Å². The predicted molar refractivity (Wildman–Crippen MR) is 96.3 cm³/mol. The van der Waals surface area contributed by atoms with E-state index in [1.807, 2.05) is 20.8 Å². The standard InChI is InChI=1S/C16H23F3N6S/c1-5-20-15(21-7-6-13-23-10(2)11(3)26-13)22-8-12-9-25(4)24-14(12)16(17,18)19/h9H,5-8H2,1-4H3,(H2,20,21,22). The third-order valence-corrected chi connectivity index (χ3v) is 4.76. The van der Waals surface area contributed by atoms with E-state index in [2.05, 4.69) is 25.7 Å². The van der Waals surface area contributed by atoms with Gasteiger partial charge in [0.1, 0.15) is 0 Å². The van der Waals surface area contributed by atoms with E-state index in [0.717, 1.165) is 21.8 Å². The molecule has 0 aliphatic carbocycles. The summed E-state index contributed by atoms with van der Waals surface area (Å²) in [6, 6.07) is 0. The van der Waals surface area contributed by atoms with Gasteiger partial charge in [-0.1, -0.05) is 0 Å². The fourth-order valence-corrected chi connectivity index (χ4v) is 3.27. The van der Waals surface area contributed by atoms with Crippen LogP contribution in [0.2, 0.25) is 0 Å². The van der Waals surface area contributed by atoms with Crippen molar-refractivity contribution >= 4 is 17.3 Å². The molecule has 2 aromatic heterocycles. The summed E-state index contributed by atoms with van der Waals surface area (Å²) in [4.78, 5) is 9.91. The molecule has 0 aliphatic heterocycles. The van der Waals surface area contributed by atoms with Crippen LogP contribution >= 0.6 is 11.3 Å². The molecule has 0 radical (unpaired) electrons. The third-order valence-electron chi connectivity index (χ3n) is 3.63. The topological polar surface area (TPSA) is 67.1 Å². The van der Waals surface area contributed by atoms with Gasteiger partial charge in [0.2, 0.25) is 0 Å². The Kier molecular flexibility index (Phi) is 6.63. The van der Waals surface area contributed by atoms with Gasteiger partial charge in [-0.15, -0.1) is 11.3 Å². The SMILES string of the molecule is CCNC(=NCc1cn(C)nc1C(F)(F)F)NCCc1nc(C)c(C)s1. The average Bonchev–Trinajstić information content (AvgIpc) is 3.07. The first kappa shape index (κ1) is 20.2. The van der Waals surface area contributed by atoms with Gasteiger partial charge in [-0.25, -0.2) is 9.98 Å². The molecule has 26 heavy (non-hydrogen) atoms. The van der Waals surface area contributed by atoms with Crippen molar-refractivity contribution in [2.75, 3.05) is 13.1 Å². The van der Waals surface area contributed by atoms with Crippen LogP contribution in [0.3, 0.4) is 0 Å². The molecule has 144 valence electrons. The number of hydrogen-bond acceptors (Lipinski definition) is 4. The molecule has 2 rings (SSSR count). The van der Waals surface area contributed by atoms with Gasteiger partial charge in [-0.3, -0.25) is 4.68 Å². The van der Waals surface area contributed by atoms with Crippen LogP contribution in [0.5, 0.6) is 0 Å². The summed E-state index contributed by atoms with van der Waals surface area (Å²) < 4.78 is 40.1. The molecule has 6 nitrogen and oxygen atoms in total. The van der Waals surface area contributed by atoms with Gasteiger partial charge in [0, 0.05) is 43.2 Å². The second-order valence-electron chi connectivity index (χ2n) is 5.80. The van der Waals surface area contributed by atoms with Crippen molar-refractivity contribution in [3.63, 3.8) is 0 Å². The first-order valence-corrected chi connectivity index (χ1v) is 9.07. The number of aliphatic imine (C=N–C) groups is 1. The lowest BCUT2D eigenvalue weighted by atomic mass is 10.2. The number of thiazole rings is 1. The average molecular weight is 388 g/mol. The van der Waals surface area contributed by atoms with Gasteiger partial charge in [0.25, 0.3) is 0 Å². The summed E-state index contributed by atoms with van der Waals surface area (Å²) in [5, 5.41) is 10.7. The molecule has 0 bridgehead atoms. The Morgan fingerprint density at radius 3 is 2.62 bits per heavy atom. The van der Waals surface area contributed by atoms with Crippen molar-refractivity contribution < 1.29 is 13.2 Å². The molecular weight excluding hydrogens is 365 g/mol. The molecule has 0 atom stereocenters. The summed E-state index contributed by atoms with van der Waals surface area (Å²) in [6.45, 7) is 7.00. The summed E-state index contributed by atoms with van der Waals surface area (Å²) in [6.07, 6.45) is -2.42. The zero-order valence-corrected chi connectivity index (χ0v) is 16.1. The highest BCUT2D eigenvalue weighted by atomic mass is 32.1. The summed E-state index contributed by atoms with van der Waals surface area (Å²) in [7, 11) is 1.46. The van der Waals surface area contributed by atoms with Gasteiger partial charge in [0.05, 0.1) is 17.2 Å². The summed E-state index contributed by atoms with van der Waals surface area (Å²) in [5.74, 6) is 0.467. The largest absolute Gasteiger partial charge is 0.435 e. The minimum absolute atomic E-state index is 0.0448. The van der Waals surface area contributed by atoms with Crippen LogP contribution in [0.25, 0.3) is 0 Å². The van der Waals surface area contributed by atoms with Crippen LogP contribution in [0.15, 0.2) is 11.2 Å². The minimum atomic E-state index is -4.49. The molecule has 0 saturated heterocycles. The van der Waals surface area contributed by atoms with E-state index in [-0.39, 0.29) is 12.1 Å². The Hall–Kier alpha value is -2.10. The highest BCUT2D eigenvalue weighted by Crippen LogP contribution is 2.30. The lowest BCUT2D eigenvalue weighted by Gasteiger charge is -2.11. The molecule has 0 saturated carbocycles. The number of aromatic nitrogens is 3. The number of nitrogens with one attached hydrogen (secondary N) is 2. The zero-order valence-electron chi connectivity index (χ0n) is 15.2. The Morgan fingerprint density at radius 1 is 1.31 bits per heavy atom. The molecule has 2 aromatic rings. The highest BCUT2D eigenvalue weighted by molar-refractivity contribution is 7.11. The lowest BCUT2D eigenvalue weighted by molar-refractivity contribution is -0.142. The Morgan fingerprint density at radius 2 is 2.04 bits per heavy atom. The van der Waals surface area contributed by atoms with Crippen molar-refractivity contribution in [3.05, 3.63) is 33.0 Å². The Bertz CT molecular complexity index is 743. The van der Waals surface area contributed by atoms with Gasteiger partial charge >= 0.3 is 6.18 Å². The Balaban J connectivity index is 2.00. The maximum Gasteiger partial charge on any atom is 0.435 e. The van der Waals surface area contributed by atoms with Crippen LogP contribution in [-0.2, 0) is 26.2 Å².